The van der Waals surface area contributed by atoms with E-state index in [9.17, 15) is 4.79 Å². The van der Waals surface area contributed by atoms with Crippen molar-refractivity contribution in [2.75, 3.05) is 57.0 Å². The third-order valence-corrected chi connectivity index (χ3v) is 8.94. The maximum atomic E-state index is 13.0. The molecule has 0 spiro atoms. The van der Waals surface area contributed by atoms with Crippen LogP contribution in [0.1, 0.15) is 57.7 Å². The first-order chi connectivity index (χ1) is 18.5. The lowest BCUT2D eigenvalue weighted by Gasteiger charge is -2.43. The molecule has 0 aromatic carbocycles. The van der Waals surface area contributed by atoms with E-state index >= 15 is 0 Å². The predicted octanol–water partition coefficient (Wildman–Crippen LogP) is 3.69. The molecule has 4 rings (SSSR count). The highest BCUT2D eigenvalue weighted by atomic mass is 32.2. The van der Waals surface area contributed by atoms with Gasteiger partial charge >= 0.3 is 0 Å². The van der Waals surface area contributed by atoms with Crippen molar-refractivity contribution in [1.29, 1.82) is 0 Å². The van der Waals surface area contributed by atoms with Gasteiger partial charge in [0.1, 0.15) is 6.04 Å². The van der Waals surface area contributed by atoms with E-state index in [0.717, 1.165) is 85.2 Å². The highest BCUT2D eigenvalue weighted by Gasteiger charge is 2.29. The molecular formula is C29H45N7OS. The highest BCUT2D eigenvalue weighted by molar-refractivity contribution is 8.14. The van der Waals surface area contributed by atoms with Gasteiger partial charge in [-0.15, -0.1) is 11.8 Å². The molecule has 2 aliphatic heterocycles. The SMILES string of the molecule is C/C=C\N(C)C/C=C(\C)C1=NC(C(=O)NCCc2nc(N3CCN(C4CCC4)CC3)ncc2CC)CCS1. The topological polar surface area (TPSA) is 77.0 Å². The number of aryl methyl sites for hydroxylation is 1. The molecule has 3 aliphatic rings. The van der Waals surface area contributed by atoms with Crippen molar-refractivity contribution in [3.63, 3.8) is 0 Å². The Hall–Kier alpha value is -2.39. The van der Waals surface area contributed by atoms with E-state index in [0.29, 0.717) is 13.0 Å². The van der Waals surface area contributed by atoms with Gasteiger partial charge in [-0.2, -0.15) is 0 Å². The minimum absolute atomic E-state index is 0.0149. The molecule has 1 N–H and O–H groups in total. The van der Waals surface area contributed by atoms with E-state index in [1.54, 1.807) is 11.8 Å². The number of nitrogens with one attached hydrogen (secondary N) is 1. The third kappa shape index (κ3) is 7.59. The van der Waals surface area contributed by atoms with Gasteiger partial charge < -0.3 is 15.1 Å². The first-order valence-corrected chi connectivity index (χ1v) is 15.3. The van der Waals surface area contributed by atoms with Gasteiger partial charge in [0.05, 0.1) is 10.7 Å². The van der Waals surface area contributed by atoms with Gasteiger partial charge in [-0.25, -0.2) is 9.97 Å². The molecule has 1 amide bonds. The minimum atomic E-state index is -0.318. The number of hydrogen-bond donors (Lipinski definition) is 1. The van der Waals surface area contributed by atoms with E-state index in [2.05, 4.69) is 53.2 Å². The summed E-state index contributed by atoms with van der Waals surface area (Å²) in [6.07, 6.45) is 14.7. The molecule has 8 nitrogen and oxygen atoms in total. The number of aliphatic imine (C=N–C) groups is 1. The molecule has 3 heterocycles. The molecule has 1 saturated carbocycles. The molecule has 1 atom stereocenters. The molecule has 0 radical (unpaired) electrons. The molecular weight excluding hydrogens is 494 g/mol. The fraction of sp³-hybridized carbons (Fsp3) is 0.655. The van der Waals surface area contributed by atoms with E-state index in [1.165, 1.54) is 19.3 Å². The van der Waals surface area contributed by atoms with Crippen molar-refractivity contribution >= 4 is 28.7 Å². The highest BCUT2D eigenvalue weighted by Crippen LogP contribution is 2.26. The fourth-order valence-electron chi connectivity index (χ4n) is 5.16. The number of aromatic nitrogens is 2. The Kier molecular flexibility index (Phi) is 10.6. The lowest BCUT2D eigenvalue weighted by Crippen LogP contribution is -2.52. The second-order valence-electron chi connectivity index (χ2n) is 10.5. The van der Waals surface area contributed by atoms with Crippen LogP contribution in [-0.2, 0) is 17.6 Å². The quantitative estimate of drug-likeness (QED) is 0.460. The Balaban J connectivity index is 1.30. The van der Waals surface area contributed by atoms with Crippen LogP contribution in [-0.4, -0.2) is 94.9 Å². The molecule has 1 aromatic rings. The summed E-state index contributed by atoms with van der Waals surface area (Å²) in [5.74, 6) is 1.76. The van der Waals surface area contributed by atoms with Crippen molar-refractivity contribution in [2.24, 2.45) is 4.99 Å². The van der Waals surface area contributed by atoms with Crippen molar-refractivity contribution in [2.45, 2.75) is 71.4 Å². The van der Waals surface area contributed by atoms with Crippen molar-refractivity contribution < 1.29 is 4.79 Å². The van der Waals surface area contributed by atoms with Crippen LogP contribution in [0.15, 0.2) is 35.1 Å². The number of thioether (sulfide) groups is 1. The van der Waals surface area contributed by atoms with Gasteiger partial charge in [0.15, 0.2) is 0 Å². The minimum Gasteiger partial charge on any atom is -0.377 e. The number of nitrogens with zero attached hydrogens (tertiary/aromatic N) is 6. The molecule has 1 unspecified atom stereocenters. The average Bonchev–Trinajstić information content (AvgIpc) is 2.91. The molecule has 208 valence electrons. The summed E-state index contributed by atoms with van der Waals surface area (Å²) < 4.78 is 0. The summed E-state index contributed by atoms with van der Waals surface area (Å²) in [7, 11) is 2.05. The summed E-state index contributed by atoms with van der Waals surface area (Å²) >= 11 is 1.74. The summed E-state index contributed by atoms with van der Waals surface area (Å²) in [5, 5.41) is 4.12. The van der Waals surface area contributed by atoms with Crippen LogP contribution in [0.3, 0.4) is 0 Å². The van der Waals surface area contributed by atoms with Gasteiger partial charge in [-0.3, -0.25) is 14.7 Å². The Morgan fingerprint density at radius 1 is 1.24 bits per heavy atom. The number of allylic oxidation sites excluding steroid dienone is 1. The third-order valence-electron chi connectivity index (χ3n) is 7.80. The lowest BCUT2D eigenvalue weighted by atomic mass is 9.91. The normalized spacial score (nSPS) is 21.4. The molecule has 2 fully saturated rings. The first kappa shape index (κ1) is 28.6. The summed E-state index contributed by atoms with van der Waals surface area (Å²) in [4.78, 5) is 34.5. The molecule has 9 heteroatoms. The summed E-state index contributed by atoms with van der Waals surface area (Å²) in [6.45, 7) is 11.8. The summed E-state index contributed by atoms with van der Waals surface area (Å²) in [6, 6.07) is 0.481. The van der Waals surface area contributed by atoms with E-state index < -0.39 is 0 Å². The Bertz CT molecular complexity index is 1030. The van der Waals surface area contributed by atoms with Crippen LogP contribution in [0.4, 0.5) is 5.95 Å². The van der Waals surface area contributed by atoms with Crippen LogP contribution in [0.2, 0.25) is 0 Å². The second-order valence-corrected chi connectivity index (χ2v) is 11.6. The van der Waals surface area contributed by atoms with Gasteiger partial charge in [0.25, 0.3) is 0 Å². The smallest absolute Gasteiger partial charge is 0.244 e. The zero-order chi connectivity index (χ0) is 26.9. The number of likely N-dealkylation sites (N-methyl/N-ethyl adjacent to an activating group) is 1. The Labute approximate surface area is 233 Å². The largest absolute Gasteiger partial charge is 0.377 e. The second kappa shape index (κ2) is 14.1. The number of carbonyl (C=O) groups is 1. The van der Waals surface area contributed by atoms with Crippen molar-refractivity contribution in [1.82, 2.24) is 25.1 Å². The fourth-order valence-corrected chi connectivity index (χ4v) is 6.20. The maximum Gasteiger partial charge on any atom is 0.244 e. The van der Waals surface area contributed by atoms with Crippen LogP contribution in [0.5, 0.6) is 0 Å². The number of piperazine rings is 1. The van der Waals surface area contributed by atoms with Gasteiger partial charge in [0, 0.05) is 70.7 Å². The number of amides is 1. The standard InChI is InChI=1S/C29H45N7OS/c1-5-14-34(4)15-11-22(3)28-32-26(12-20-38-28)27(37)30-13-10-25-23(6-2)21-31-29(33-25)36-18-16-35(17-19-36)24-8-7-9-24/h5,11,14,21,24,26H,6-10,12-13,15-20H2,1-4H3,(H,30,37)/b14-5-,22-11+. The van der Waals surface area contributed by atoms with Gasteiger partial charge in [0.2, 0.25) is 11.9 Å². The van der Waals surface area contributed by atoms with Crippen LogP contribution >= 0.6 is 11.8 Å². The number of hydrogen-bond acceptors (Lipinski definition) is 8. The number of carbonyl (C=O) groups excluding carboxylic acids is 1. The van der Waals surface area contributed by atoms with Crippen LogP contribution in [0, 0.1) is 0 Å². The van der Waals surface area contributed by atoms with Crippen molar-refractivity contribution in [3.05, 3.63) is 41.4 Å². The molecule has 0 bridgehead atoms. The monoisotopic (exact) mass is 539 g/mol. The van der Waals surface area contributed by atoms with Crippen LogP contribution < -0.4 is 10.2 Å². The molecule has 1 aliphatic carbocycles. The van der Waals surface area contributed by atoms with Crippen LogP contribution in [0.25, 0.3) is 0 Å². The van der Waals surface area contributed by atoms with Gasteiger partial charge in [-0.05, 0) is 56.9 Å². The zero-order valence-corrected chi connectivity index (χ0v) is 24.5. The zero-order valence-electron chi connectivity index (χ0n) is 23.7. The van der Waals surface area contributed by atoms with Gasteiger partial charge in [-0.1, -0.05) is 25.5 Å². The molecule has 38 heavy (non-hydrogen) atoms. The van der Waals surface area contributed by atoms with E-state index in [4.69, 9.17) is 15.0 Å². The maximum absolute atomic E-state index is 13.0. The van der Waals surface area contributed by atoms with E-state index in [-0.39, 0.29) is 11.9 Å². The molecule has 1 saturated heterocycles. The molecule has 1 aromatic heterocycles. The first-order valence-electron chi connectivity index (χ1n) is 14.3. The Morgan fingerprint density at radius 3 is 2.71 bits per heavy atom. The van der Waals surface area contributed by atoms with E-state index in [1.807, 2.05) is 19.2 Å². The lowest BCUT2D eigenvalue weighted by molar-refractivity contribution is -0.122. The Morgan fingerprint density at radius 2 is 2.03 bits per heavy atom. The number of anilines is 1. The number of rotatable bonds is 11. The average molecular weight is 540 g/mol. The summed E-state index contributed by atoms with van der Waals surface area (Å²) in [5.41, 5.74) is 3.35. The van der Waals surface area contributed by atoms with Crippen molar-refractivity contribution in [3.8, 4) is 0 Å². The predicted molar refractivity (Wildman–Crippen MR) is 159 cm³/mol.